The van der Waals surface area contributed by atoms with E-state index in [9.17, 15) is 19.7 Å². The highest BCUT2D eigenvalue weighted by Gasteiger charge is 2.36. The quantitative estimate of drug-likeness (QED) is 0.329. The Morgan fingerprint density at radius 1 is 1.33 bits per heavy atom. The van der Waals surface area contributed by atoms with E-state index in [-0.39, 0.29) is 35.0 Å². The first-order valence-electron chi connectivity index (χ1n) is 8.35. The van der Waals surface area contributed by atoms with E-state index in [0.29, 0.717) is 0 Å². The third-order valence-corrected chi connectivity index (χ3v) is 3.79. The van der Waals surface area contributed by atoms with Crippen LogP contribution >= 0.6 is 0 Å². The van der Waals surface area contributed by atoms with Gasteiger partial charge in [-0.05, 0) is 13.8 Å². The number of dihydropyridines is 1. The lowest BCUT2D eigenvalue weighted by Gasteiger charge is -2.26. The predicted molar refractivity (Wildman–Crippen MR) is 99.6 cm³/mol. The average Bonchev–Trinajstić information content (AvgIpc) is 2.64. The van der Waals surface area contributed by atoms with Crippen molar-refractivity contribution in [2.45, 2.75) is 25.8 Å². The fourth-order valence-electron chi connectivity index (χ4n) is 2.73. The maximum absolute atomic E-state index is 12.7. The van der Waals surface area contributed by atoms with E-state index in [4.69, 9.17) is 4.74 Å². The molecular formula is C19H21N3O5. The van der Waals surface area contributed by atoms with E-state index in [1.165, 1.54) is 36.7 Å². The van der Waals surface area contributed by atoms with Crippen molar-refractivity contribution >= 4 is 17.6 Å². The van der Waals surface area contributed by atoms with Crippen LogP contribution in [0.2, 0.25) is 0 Å². The molecule has 0 spiro atoms. The second-order valence-corrected chi connectivity index (χ2v) is 6.13. The third-order valence-electron chi connectivity index (χ3n) is 3.79. The van der Waals surface area contributed by atoms with Gasteiger partial charge in [0.2, 0.25) is 5.91 Å². The van der Waals surface area contributed by atoms with Crippen LogP contribution in [0.3, 0.4) is 0 Å². The molecule has 1 aromatic rings. The van der Waals surface area contributed by atoms with Crippen LogP contribution in [-0.2, 0) is 14.3 Å². The van der Waals surface area contributed by atoms with Crippen LogP contribution in [0.5, 0.6) is 0 Å². The Morgan fingerprint density at radius 2 is 2.00 bits per heavy atom. The zero-order chi connectivity index (χ0) is 20.0. The van der Waals surface area contributed by atoms with E-state index in [1.807, 2.05) is 0 Å². The van der Waals surface area contributed by atoms with Crippen LogP contribution in [0, 0.1) is 10.1 Å². The number of hydrogen-bond acceptors (Lipinski definition) is 6. The van der Waals surface area contributed by atoms with Crippen molar-refractivity contribution in [3.05, 3.63) is 76.1 Å². The van der Waals surface area contributed by atoms with Crippen LogP contribution in [0.25, 0.3) is 0 Å². The standard InChI is InChI=1S/C19H21N3O5/c1-4-9-27-19(24)15-11-20-10-14(18(23)21-12(2)3)17(15)13-7-5-6-8-16(13)22(25)26/h4-8,10-12,17,20H,1,9H2,2-3H3,(H,21,23). The molecule has 2 rings (SSSR count). The molecule has 2 N–H and O–H groups in total. The molecule has 27 heavy (non-hydrogen) atoms. The summed E-state index contributed by atoms with van der Waals surface area (Å²) >= 11 is 0. The molecule has 1 aliphatic heterocycles. The first kappa shape index (κ1) is 19.9. The van der Waals surface area contributed by atoms with Gasteiger partial charge in [-0.25, -0.2) is 4.79 Å². The summed E-state index contributed by atoms with van der Waals surface area (Å²) in [7, 11) is 0. The van der Waals surface area contributed by atoms with Crippen molar-refractivity contribution in [3.8, 4) is 0 Å². The lowest BCUT2D eigenvalue weighted by Crippen LogP contribution is -2.36. The van der Waals surface area contributed by atoms with Crippen molar-refractivity contribution in [3.63, 3.8) is 0 Å². The molecule has 0 radical (unpaired) electrons. The van der Waals surface area contributed by atoms with Gasteiger partial charge in [-0.3, -0.25) is 14.9 Å². The molecule has 0 fully saturated rings. The maximum atomic E-state index is 12.7. The van der Waals surface area contributed by atoms with E-state index in [2.05, 4.69) is 17.2 Å². The fraction of sp³-hybridized carbons (Fsp3) is 0.263. The van der Waals surface area contributed by atoms with Crippen molar-refractivity contribution in [1.82, 2.24) is 10.6 Å². The summed E-state index contributed by atoms with van der Waals surface area (Å²) in [5.41, 5.74) is 0.333. The van der Waals surface area contributed by atoms with Gasteiger partial charge in [0.1, 0.15) is 6.61 Å². The number of hydrogen-bond donors (Lipinski definition) is 2. The van der Waals surface area contributed by atoms with Crippen LogP contribution < -0.4 is 10.6 Å². The van der Waals surface area contributed by atoms with E-state index >= 15 is 0 Å². The lowest BCUT2D eigenvalue weighted by molar-refractivity contribution is -0.385. The first-order valence-corrected chi connectivity index (χ1v) is 8.35. The molecule has 0 saturated heterocycles. The SMILES string of the molecule is C=CCOC(=O)C1=CNC=C(C(=O)NC(C)C)C1c1ccccc1[N+](=O)[O-]. The minimum Gasteiger partial charge on any atom is -0.458 e. The number of rotatable bonds is 7. The molecule has 0 aromatic heterocycles. The molecule has 0 bridgehead atoms. The molecule has 8 nitrogen and oxygen atoms in total. The largest absolute Gasteiger partial charge is 0.458 e. The molecular weight excluding hydrogens is 350 g/mol. The topological polar surface area (TPSA) is 111 Å². The Bertz CT molecular complexity index is 826. The molecule has 142 valence electrons. The minimum atomic E-state index is -0.941. The Morgan fingerprint density at radius 3 is 2.63 bits per heavy atom. The predicted octanol–water partition coefficient (Wildman–Crippen LogP) is 2.30. The number of nitrogens with zero attached hydrogens (tertiary/aromatic N) is 1. The third kappa shape index (κ3) is 4.60. The molecule has 1 amide bonds. The first-order chi connectivity index (χ1) is 12.9. The van der Waals surface area contributed by atoms with Crippen molar-refractivity contribution in [1.29, 1.82) is 0 Å². The van der Waals surface area contributed by atoms with Gasteiger partial charge >= 0.3 is 5.97 Å². The monoisotopic (exact) mass is 371 g/mol. The van der Waals surface area contributed by atoms with Crippen molar-refractivity contribution in [2.24, 2.45) is 0 Å². The number of benzene rings is 1. The van der Waals surface area contributed by atoms with Gasteiger partial charge in [-0.2, -0.15) is 0 Å². The number of amides is 1. The smallest absolute Gasteiger partial charge is 0.336 e. The summed E-state index contributed by atoms with van der Waals surface area (Å²) < 4.78 is 5.10. The normalized spacial score (nSPS) is 15.9. The van der Waals surface area contributed by atoms with Gasteiger partial charge in [0, 0.05) is 35.6 Å². The molecule has 8 heteroatoms. The highest BCUT2D eigenvalue weighted by molar-refractivity contribution is 6.01. The molecule has 1 unspecified atom stereocenters. The van der Waals surface area contributed by atoms with Crippen molar-refractivity contribution < 1.29 is 19.2 Å². The van der Waals surface area contributed by atoms with Gasteiger partial charge < -0.3 is 15.4 Å². The average molecular weight is 371 g/mol. The maximum Gasteiger partial charge on any atom is 0.336 e. The molecule has 1 atom stereocenters. The fourth-order valence-corrected chi connectivity index (χ4v) is 2.73. The number of nitro groups is 1. The van der Waals surface area contributed by atoms with Crippen molar-refractivity contribution in [2.75, 3.05) is 6.61 Å². The summed E-state index contributed by atoms with van der Waals surface area (Å²) in [6, 6.07) is 5.86. The van der Waals surface area contributed by atoms with Gasteiger partial charge in [-0.1, -0.05) is 30.9 Å². The highest BCUT2D eigenvalue weighted by Crippen LogP contribution is 2.38. The number of nitro benzene ring substituents is 1. The van der Waals surface area contributed by atoms with Gasteiger partial charge in [-0.15, -0.1) is 0 Å². The zero-order valence-electron chi connectivity index (χ0n) is 15.1. The number of para-hydroxylation sites is 1. The Hall–Kier alpha value is -3.42. The highest BCUT2D eigenvalue weighted by atomic mass is 16.6. The van der Waals surface area contributed by atoms with E-state index in [0.717, 1.165) is 0 Å². The number of esters is 1. The lowest BCUT2D eigenvalue weighted by atomic mass is 9.82. The summed E-state index contributed by atoms with van der Waals surface area (Å²) in [5.74, 6) is -2.06. The second-order valence-electron chi connectivity index (χ2n) is 6.13. The second kappa shape index (κ2) is 8.79. The van der Waals surface area contributed by atoms with Gasteiger partial charge in [0.25, 0.3) is 5.69 Å². The number of nitrogens with one attached hydrogen (secondary N) is 2. The molecule has 1 aromatic carbocycles. The number of carbonyl (C=O) groups excluding carboxylic acids is 2. The molecule has 0 saturated carbocycles. The summed E-state index contributed by atoms with van der Waals surface area (Å²) in [6.45, 7) is 7.06. The van der Waals surface area contributed by atoms with E-state index in [1.54, 1.807) is 19.9 Å². The summed E-state index contributed by atoms with van der Waals surface area (Å²) in [4.78, 5) is 36.1. The van der Waals surface area contributed by atoms with E-state index < -0.39 is 22.7 Å². The minimum absolute atomic E-state index is 0.0169. The Labute approximate surface area is 156 Å². The Balaban J connectivity index is 2.55. The van der Waals surface area contributed by atoms with Crippen LogP contribution in [-0.4, -0.2) is 29.4 Å². The van der Waals surface area contributed by atoms with Crippen LogP contribution in [0.1, 0.15) is 25.3 Å². The molecule has 0 aliphatic carbocycles. The van der Waals surface area contributed by atoms with Gasteiger partial charge in [0.15, 0.2) is 0 Å². The summed E-state index contributed by atoms with van der Waals surface area (Å²) in [6.07, 6.45) is 4.24. The summed E-state index contributed by atoms with van der Waals surface area (Å²) in [5, 5.41) is 17.0. The number of carbonyl (C=O) groups is 2. The number of ether oxygens (including phenoxy) is 1. The van der Waals surface area contributed by atoms with Crippen LogP contribution in [0.15, 0.2) is 60.5 Å². The van der Waals surface area contributed by atoms with Crippen LogP contribution in [0.4, 0.5) is 5.69 Å². The Kier molecular flexibility index (Phi) is 6.48. The zero-order valence-corrected chi connectivity index (χ0v) is 15.1. The molecule has 1 aliphatic rings. The molecule has 1 heterocycles. The van der Waals surface area contributed by atoms with Gasteiger partial charge in [0.05, 0.1) is 16.4 Å².